The van der Waals surface area contributed by atoms with Gasteiger partial charge in [-0.1, -0.05) is 12.1 Å². The quantitative estimate of drug-likeness (QED) is 0.779. The standard InChI is InChI=1S/C23H21F3N2O4/c24-23(25,26)18-5-7-19(8-6-18)32-20-9-10-28(12-16(20)11-27)21(29)15-1-3-17(4-2-15)22(30)13-31-14-22/h1-8,16,20,30H,9-10,12-14H2. The molecule has 1 N–H and O–H groups in total. The van der Waals surface area contributed by atoms with Crippen LogP contribution in [0.25, 0.3) is 0 Å². The molecule has 2 aromatic carbocycles. The van der Waals surface area contributed by atoms with Crippen LogP contribution in [0.1, 0.15) is 27.9 Å². The topological polar surface area (TPSA) is 82.8 Å². The second kappa shape index (κ2) is 8.45. The van der Waals surface area contributed by atoms with Gasteiger partial charge in [-0.3, -0.25) is 4.79 Å². The number of aliphatic hydroxyl groups is 1. The lowest BCUT2D eigenvalue weighted by Gasteiger charge is -2.37. The molecule has 0 saturated carbocycles. The van der Waals surface area contributed by atoms with Crippen LogP contribution in [0.2, 0.25) is 0 Å². The van der Waals surface area contributed by atoms with Crippen molar-refractivity contribution in [2.45, 2.75) is 24.3 Å². The van der Waals surface area contributed by atoms with Gasteiger partial charge in [0.25, 0.3) is 5.91 Å². The average molecular weight is 446 g/mol. The average Bonchev–Trinajstić information content (AvgIpc) is 2.77. The van der Waals surface area contributed by atoms with E-state index in [1.807, 2.05) is 0 Å². The molecule has 2 fully saturated rings. The molecule has 0 aliphatic carbocycles. The highest BCUT2D eigenvalue weighted by Crippen LogP contribution is 2.32. The summed E-state index contributed by atoms with van der Waals surface area (Å²) < 4.78 is 49.0. The number of rotatable bonds is 4. The van der Waals surface area contributed by atoms with Crippen LogP contribution in [0.3, 0.4) is 0 Å². The van der Waals surface area contributed by atoms with E-state index in [4.69, 9.17) is 9.47 Å². The van der Waals surface area contributed by atoms with Gasteiger partial charge in [-0.05, 0) is 42.0 Å². The molecule has 0 radical (unpaired) electrons. The number of nitriles is 1. The first-order valence-corrected chi connectivity index (χ1v) is 10.1. The van der Waals surface area contributed by atoms with Crippen molar-refractivity contribution in [3.05, 3.63) is 65.2 Å². The number of benzene rings is 2. The van der Waals surface area contributed by atoms with Crippen molar-refractivity contribution in [3.8, 4) is 11.8 Å². The van der Waals surface area contributed by atoms with Gasteiger partial charge >= 0.3 is 6.18 Å². The first kappa shape index (κ1) is 22.1. The normalized spacial score (nSPS) is 22.5. The second-order valence-corrected chi connectivity index (χ2v) is 8.06. The van der Waals surface area contributed by atoms with Crippen molar-refractivity contribution in [1.82, 2.24) is 4.90 Å². The zero-order valence-electron chi connectivity index (χ0n) is 17.0. The highest BCUT2D eigenvalue weighted by atomic mass is 19.4. The molecule has 6 nitrogen and oxygen atoms in total. The molecule has 2 heterocycles. The third-order valence-corrected chi connectivity index (χ3v) is 5.82. The van der Waals surface area contributed by atoms with Gasteiger partial charge < -0.3 is 19.5 Å². The summed E-state index contributed by atoms with van der Waals surface area (Å²) in [6.45, 7) is 0.940. The summed E-state index contributed by atoms with van der Waals surface area (Å²) in [5, 5.41) is 19.9. The first-order valence-electron chi connectivity index (χ1n) is 10.1. The highest BCUT2D eigenvalue weighted by molar-refractivity contribution is 5.94. The number of ether oxygens (including phenoxy) is 2. The van der Waals surface area contributed by atoms with E-state index >= 15 is 0 Å². The number of likely N-dealkylation sites (tertiary alicyclic amines) is 1. The predicted molar refractivity (Wildman–Crippen MR) is 107 cm³/mol. The molecular formula is C23H21F3N2O4. The smallest absolute Gasteiger partial charge is 0.416 e. The molecule has 2 unspecified atom stereocenters. The van der Waals surface area contributed by atoms with Crippen LogP contribution in [-0.2, 0) is 16.5 Å². The number of nitrogens with zero attached hydrogens (tertiary/aromatic N) is 2. The Morgan fingerprint density at radius 1 is 1.16 bits per heavy atom. The number of carbonyl (C=O) groups excluding carboxylic acids is 1. The van der Waals surface area contributed by atoms with E-state index in [-0.39, 0.29) is 31.4 Å². The monoisotopic (exact) mass is 446 g/mol. The molecule has 2 atom stereocenters. The van der Waals surface area contributed by atoms with Crippen LogP contribution in [0, 0.1) is 17.2 Å². The van der Waals surface area contributed by atoms with Crippen LogP contribution in [0.5, 0.6) is 5.75 Å². The van der Waals surface area contributed by atoms with Crippen molar-refractivity contribution in [2.75, 3.05) is 26.3 Å². The molecule has 0 bridgehead atoms. The van der Waals surface area contributed by atoms with E-state index < -0.39 is 29.4 Å². The van der Waals surface area contributed by atoms with Crippen LogP contribution in [0.15, 0.2) is 48.5 Å². The fraction of sp³-hybridized carbons (Fsp3) is 0.391. The minimum atomic E-state index is -4.43. The largest absolute Gasteiger partial charge is 0.489 e. The molecule has 4 rings (SSSR count). The van der Waals surface area contributed by atoms with Crippen molar-refractivity contribution in [2.24, 2.45) is 5.92 Å². The summed E-state index contributed by atoms with van der Waals surface area (Å²) in [7, 11) is 0. The Labute approximate surface area is 182 Å². The van der Waals surface area contributed by atoms with Gasteiger partial charge in [0.05, 0.1) is 24.8 Å². The van der Waals surface area contributed by atoms with E-state index in [9.17, 15) is 28.3 Å². The molecule has 2 aliphatic rings. The molecule has 0 aromatic heterocycles. The summed E-state index contributed by atoms with van der Waals surface area (Å²) in [5.41, 5.74) is -0.665. The lowest BCUT2D eigenvalue weighted by Crippen LogP contribution is -2.47. The maximum absolute atomic E-state index is 12.9. The summed E-state index contributed by atoms with van der Waals surface area (Å²) in [6.07, 6.45) is -4.59. The van der Waals surface area contributed by atoms with Crippen molar-refractivity contribution in [3.63, 3.8) is 0 Å². The maximum atomic E-state index is 12.9. The molecule has 2 aromatic rings. The predicted octanol–water partition coefficient (Wildman–Crippen LogP) is 3.36. The van der Waals surface area contributed by atoms with E-state index in [0.29, 0.717) is 24.1 Å². The molecule has 32 heavy (non-hydrogen) atoms. The molecule has 2 saturated heterocycles. The molecule has 2 aliphatic heterocycles. The third-order valence-electron chi connectivity index (χ3n) is 5.82. The Bertz CT molecular complexity index is 1010. The summed E-state index contributed by atoms with van der Waals surface area (Å²) in [4.78, 5) is 14.5. The van der Waals surface area contributed by atoms with Gasteiger partial charge in [0.2, 0.25) is 0 Å². The second-order valence-electron chi connectivity index (χ2n) is 8.06. The van der Waals surface area contributed by atoms with E-state index in [1.165, 1.54) is 12.1 Å². The van der Waals surface area contributed by atoms with Crippen LogP contribution in [0.4, 0.5) is 13.2 Å². The van der Waals surface area contributed by atoms with Gasteiger partial charge in [-0.25, -0.2) is 0 Å². The molecule has 0 spiro atoms. The third kappa shape index (κ3) is 4.42. The summed E-state index contributed by atoms with van der Waals surface area (Å²) in [6, 6.07) is 13.1. The number of hydrogen-bond donors (Lipinski definition) is 1. The number of hydrogen-bond acceptors (Lipinski definition) is 5. The maximum Gasteiger partial charge on any atom is 0.416 e. The summed E-state index contributed by atoms with van der Waals surface area (Å²) >= 11 is 0. The number of amides is 1. The number of halogens is 3. The minimum Gasteiger partial charge on any atom is -0.489 e. The van der Waals surface area contributed by atoms with Crippen molar-refractivity contribution >= 4 is 5.91 Å². The lowest BCUT2D eigenvalue weighted by atomic mass is 9.91. The van der Waals surface area contributed by atoms with Crippen molar-refractivity contribution in [1.29, 1.82) is 5.26 Å². The SMILES string of the molecule is N#CC1CN(C(=O)c2ccc(C3(O)COC3)cc2)CCC1Oc1ccc(C(F)(F)F)cc1. The Morgan fingerprint density at radius 3 is 2.34 bits per heavy atom. The fourth-order valence-electron chi connectivity index (χ4n) is 3.84. The zero-order valence-corrected chi connectivity index (χ0v) is 17.0. The van der Waals surface area contributed by atoms with E-state index in [1.54, 1.807) is 29.2 Å². The fourth-order valence-corrected chi connectivity index (χ4v) is 3.84. The Morgan fingerprint density at radius 2 is 1.81 bits per heavy atom. The molecule has 168 valence electrons. The van der Waals surface area contributed by atoms with Crippen LogP contribution in [-0.4, -0.2) is 48.3 Å². The Kier molecular flexibility index (Phi) is 5.84. The van der Waals surface area contributed by atoms with Crippen molar-refractivity contribution < 1.29 is 32.5 Å². The van der Waals surface area contributed by atoms with Gasteiger partial charge in [0.1, 0.15) is 23.4 Å². The first-order chi connectivity index (χ1) is 15.2. The number of carbonyl (C=O) groups is 1. The van der Waals surface area contributed by atoms with Crippen LogP contribution >= 0.6 is 0 Å². The van der Waals surface area contributed by atoms with Gasteiger partial charge in [-0.2, -0.15) is 18.4 Å². The minimum absolute atomic E-state index is 0.153. The van der Waals surface area contributed by atoms with Crippen LogP contribution < -0.4 is 4.74 Å². The Hall–Kier alpha value is -3.09. The van der Waals surface area contributed by atoms with Gasteiger partial charge in [0.15, 0.2) is 0 Å². The molecule has 9 heteroatoms. The zero-order chi connectivity index (χ0) is 22.9. The van der Waals surface area contributed by atoms with E-state index in [0.717, 1.165) is 12.1 Å². The Balaban J connectivity index is 1.39. The number of piperidine rings is 1. The van der Waals surface area contributed by atoms with Gasteiger partial charge in [0, 0.05) is 25.1 Å². The molecule has 1 amide bonds. The van der Waals surface area contributed by atoms with Gasteiger partial charge in [-0.15, -0.1) is 0 Å². The lowest BCUT2D eigenvalue weighted by molar-refractivity contribution is -0.184. The van der Waals surface area contributed by atoms with E-state index in [2.05, 4.69) is 6.07 Å². The highest BCUT2D eigenvalue weighted by Gasteiger charge is 2.38. The summed E-state index contributed by atoms with van der Waals surface area (Å²) in [5.74, 6) is -0.611. The molecular weight excluding hydrogens is 425 g/mol. The number of alkyl halides is 3.